The van der Waals surface area contributed by atoms with Crippen LogP contribution in [0.15, 0.2) is 25.3 Å². The van der Waals surface area contributed by atoms with E-state index in [1.807, 2.05) is 12.2 Å². The summed E-state index contributed by atoms with van der Waals surface area (Å²) in [7, 11) is 0. The molecule has 0 aromatic heterocycles. The normalized spacial score (nSPS) is 10.7. The van der Waals surface area contributed by atoms with Crippen molar-refractivity contribution in [3.8, 4) is 0 Å². The lowest BCUT2D eigenvalue weighted by Crippen LogP contribution is -2.13. The molecule has 0 atom stereocenters. The summed E-state index contributed by atoms with van der Waals surface area (Å²) in [5.41, 5.74) is 0. The van der Waals surface area contributed by atoms with Gasteiger partial charge in [-0.15, -0.1) is 13.2 Å². The monoisotopic (exact) mass is 280 g/mol. The Bertz CT molecular complexity index is 238. The van der Waals surface area contributed by atoms with Crippen LogP contribution < -0.4 is 0 Å². The van der Waals surface area contributed by atoms with E-state index in [9.17, 15) is 9.90 Å². The Labute approximate surface area is 125 Å². The maximum absolute atomic E-state index is 11.2. The highest BCUT2D eigenvalue weighted by Crippen LogP contribution is 2.19. The summed E-state index contributed by atoms with van der Waals surface area (Å²) >= 11 is 0. The number of allylic oxidation sites excluding steroid dienone is 2. The Balaban J connectivity index is 3.58. The van der Waals surface area contributed by atoms with Gasteiger partial charge in [-0.25, -0.2) is 0 Å². The number of carboxylic acids is 1. The topological polar surface area (TPSA) is 37.3 Å². The molecule has 0 aromatic rings. The molecule has 2 heteroatoms. The standard InChI is InChI=1S/C18H32O2/c1-3-5-7-9-11-13-15-17(18(19)20)16-14-12-10-8-6-4-2/h3-4,17H,1-2,5-16H2,(H,19,20). The van der Waals surface area contributed by atoms with Crippen LogP contribution in [-0.2, 0) is 4.79 Å². The smallest absolute Gasteiger partial charge is 0.306 e. The van der Waals surface area contributed by atoms with E-state index in [0.717, 1.165) is 51.4 Å². The summed E-state index contributed by atoms with van der Waals surface area (Å²) in [6.45, 7) is 7.41. The number of hydrogen-bond donors (Lipinski definition) is 1. The molecule has 0 spiro atoms. The third-order valence-corrected chi connectivity index (χ3v) is 3.77. The van der Waals surface area contributed by atoms with E-state index in [2.05, 4.69) is 13.2 Å². The lowest BCUT2D eigenvalue weighted by Gasteiger charge is -2.12. The summed E-state index contributed by atoms with van der Waals surface area (Å²) in [5.74, 6) is -0.740. The minimum Gasteiger partial charge on any atom is -0.481 e. The molecule has 0 aromatic carbocycles. The number of carbonyl (C=O) groups is 1. The molecular formula is C18H32O2. The van der Waals surface area contributed by atoms with E-state index in [1.165, 1.54) is 25.7 Å². The lowest BCUT2D eigenvalue weighted by molar-refractivity contribution is -0.142. The molecule has 1 N–H and O–H groups in total. The third-order valence-electron chi connectivity index (χ3n) is 3.77. The van der Waals surface area contributed by atoms with Gasteiger partial charge in [0.05, 0.1) is 5.92 Å². The fourth-order valence-electron chi connectivity index (χ4n) is 2.46. The van der Waals surface area contributed by atoms with E-state index in [-0.39, 0.29) is 5.92 Å². The first-order valence-electron chi connectivity index (χ1n) is 8.17. The average molecular weight is 280 g/mol. The van der Waals surface area contributed by atoms with Crippen molar-refractivity contribution in [2.75, 3.05) is 0 Å². The van der Waals surface area contributed by atoms with Crippen LogP contribution in [0.25, 0.3) is 0 Å². The molecule has 116 valence electrons. The molecule has 0 aliphatic heterocycles. The van der Waals surface area contributed by atoms with Crippen molar-refractivity contribution in [1.29, 1.82) is 0 Å². The Morgan fingerprint density at radius 2 is 1.20 bits per heavy atom. The van der Waals surface area contributed by atoms with Gasteiger partial charge in [0.15, 0.2) is 0 Å². The Morgan fingerprint density at radius 3 is 1.55 bits per heavy atom. The van der Waals surface area contributed by atoms with E-state index in [1.54, 1.807) is 0 Å². The average Bonchev–Trinajstić information content (AvgIpc) is 2.43. The highest BCUT2D eigenvalue weighted by molar-refractivity contribution is 5.69. The minimum absolute atomic E-state index is 0.131. The van der Waals surface area contributed by atoms with Gasteiger partial charge in [0.2, 0.25) is 0 Å². The van der Waals surface area contributed by atoms with Crippen molar-refractivity contribution in [2.45, 2.75) is 77.0 Å². The van der Waals surface area contributed by atoms with Gasteiger partial charge in [0.1, 0.15) is 0 Å². The van der Waals surface area contributed by atoms with Crippen LogP contribution in [0.2, 0.25) is 0 Å². The molecule has 0 unspecified atom stereocenters. The zero-order chi connectivity index (χ0) is 15.1. The van der Waals surface area contributed by atoms with Gasteiger partial charge >= 0.3 is 5.97 Å². The molecule has 0 bridgehead atoms. The van der Waals surface area contributed by atoms with Gasteiger partial charge in [0, 0.05) is 0 Å². The first kappa shape index (κ1) is 18.9. The molecule has 20 heavy (non-hydrogen) atoms. The summed E-state index contributed by atoms with van der Waals surface area (Å²) in [6, 6.07) is 0. The van der Waals surface area contributed by atoms with Crippen LogP contribution >= 0.6 is 0 Å². The second-order valence-corrected chi connectivity index (χ2v) is 5.60. The molecule has 0 radical (unpaired) electrons. The Hall–Kier alpha value is -1.05. The van der Waals surface area contributed by atoms with E-state index in [0.29, 0.717) is 0 Å². The van der Waals surface area contributed by atoms with Crippen molar-refractivity contribution in [3.05, 3.63) is 25.3 Å². The van der Waals surface area contributed by atoms with Gasteiger partial charge in [-0.3, -0.25) is 4.79 Å². The van der Waals surface area contributed by atoms with Crippen molar-refractivity contribution >= 4 is 5.97 Å². The molecule has 0 fully saturated rings. The zero-order valence-electron chi connectivity index (χ0n) is 13.0. The van der Waals surface area contributed by atoms with Crippen molar-refractivity contribution in [2.24, 2.45) is 5.92 Å². The Kier molecular flexibility index (Phi) is 13.6. The SMILES string of the molecule is C=CCCCCCCC(CCCCCCC=C)C(=O)O. The molecule has 2 nitrogen and oxygen atoms in total. The van der Waals surface area contributed by atoms with Gasteiger partial charge in [-0.2, -0.15) is 0 Å². The molecule has 0 amide bonds. The number of rotatable bonds is 15. The third kappa shape index (κ3) is 12.0. The van der Waals surface area contributed by atoms with Gasteiger partial charge < -0.3 is 5.11 Å². The maximum Gasteiger partial charge on any atom is 0.306 e. The van der Waals surface area contributed by atoms with Crippen LogP contribution in [0, 0.1) is 5.92 Å². The number of carboxylic acid groups (broad SMARTS) is 1. The summed E-state index contributed by atoms with van der Waals surface area (Å²) in [4.78, 5) is 11.2. The van der Waals surface area contributed by atoms with Crippen LogP contribution in [-0.4, -0.2) is 11.1 Å². The fraction of sp³-hybridized carbons (Fsp3) is 0.722. The summed E-state index contributed by atoms with van der Waals surface area (Å²) in [6.07, 6.45) is 16.9. The second-order valence-electron chi connectivity index (χ2n) is 5.60. The number of unbranched alkanes of at least 4 members (excludes halogenated alkanes) is 8. The molecular weight excluding hydrogens is 248 g/mol. The second kappa shape index (κ2) is 14.4. The number of hydrogen-bond acceptors (Lipinski definition) is 1. The van der Waals surface area contributed by atoms with Gasteiger partial charge in [-0.05, 0) is 38.5 Å². The van der Waals surface area contributed by atoms with Gasteiger partial charge in [0.25, 0.3) is 0 Å². The van der Waals surface area contributed by atoms with Crippen LogP contribution in [0.3, 0.4) is 0 Å². The largest absolute Gasteiger partial charge is 0.481 e. The quantitative estimate of drug-likeness (QED) is 0.307. The van der Waals surface area contributed by atoms with E-state index < -0.39 is 5.97 Å². The van der Waals surface area contributed by atoms with Crippen LogP contribution in [0.1, 0.15) is 77.0 Å². The van der Waals surface area contributed by atoms with Crippen LogP contribution in [0.4, 0.5) is 0 Å². The van der Waals surface area contributed by atoms with Crippen molar-refractivity contribution in [1.82, 2.24) is 0 Å². The molecule has 0 rings (SSSR count). The van der Waals surface area contributed by atoms with E-state index in [4.69, 9.17) is 0 Å². The highest BCUT2D eigenvalue weighted by atomic mass is 16.4. The van der Waals surface area contributed by atoms with E-state index >= 15 is 0 Å². The predicted molar refractivity (Wildman–Crippen MR) is 86.9 cm³/mol. The first-order valence-corrected chi connectivity index (χ1v) is 8.17. The van der Waals surface area contributed by atoms with Crippen molar-refractivity contribution in [3.63, 3.8) is 0 Å². The zero-order valence-corrected chi connectivity index (χ0v) is 13.0. The maximum atomic E-state index is 11.2. The Morgan fingerprint density at radius 1 is 0.800 bits per heavy atom. The fourth-order valence-corrected chi connectivity index (χ4v) is 2.46. The van der Waals surface area contributed by atoms with Crippen LogP contribution in [0.5, 0.6) is 0 Å². The van der Waals surface area contributed by atoms with Gasteiger partial charge in [-0.1, -0.05) is 50.7 Å². The molecule has 0 aliphatic rings. The lowest BCUT2D eigenvalue weighted by atomic mass is 9.94. The number of aliphatic carboxylic acids is 1. The minimum atomic E-state index is -0.609. The highest BCUT2D eigenvalue weighted by Gasteiger charge is 2.15. The molecule has 0 saturated carbocycles. The van der Waals surface area contributed by atoms with Crippen molar-refractivity contribution < 1.29 is 9.90 Å². The first-order chi connectivity index (χ1) is 9.72. The predicted octanol–water partition coefficient (Wildman–Crippen LogP) is 5.74. The molecule has 0 saturated heterocycles. The molecule has 0 heterocycles. The molecule has 0 aliphatic carbocycles. The summed E-state index contributed by atoms with van der Waals surface area (Å²) in [5, 5.41) is 9.23. The summed E-state index contributed by atoms with van der Waals surface area (Å²) < 4.78 is 0.